The summed E-state index contributed by atoms with van der Waals surface area (Å²) < 4.78 is 0. The van der Waals surface area contributed by atoms with Crippen molar-refractivity contribution in [3.05, 3.63) is 36.9 Å². The molecule has 3 N–H and O–H groups in total. The van der Waals surface area contributed by atoms with E-state index in [2.05, 4.69) is 12.4 Å². The van der Waals surface area contributed by atoms with Crippen molar-refractivity contribution in [1.29, 1.82) is 0 Å². The van der Waals surface area contributed by atoms with Crippen LogP contribution in [0.2, 0.25) is 0 Å². The van der Waals surface area contributed by atoms with Crippen LogP contribution in [-0.4, -0.2) is 199 Å². The third-order valence-corrected chi connectivity index (χ3v) is 7.84. The molecule has 1 saturated heterocycles. The number of carbonyl (C=O) groups is 7. The summed E-state index contributed by atoms with van der Waals surface area (Å²) in [5, 5.41) is 54.5. The number of nitrogens with one attached hydrogen (secondary N) is 1. The molecule has 25 heteroatoms. The molecule has 0 spiro atoms. The van der Waals surface area contributed by atoms with Crippen LogP contribution in [0.15, 0.2) is 24.3 Å². The smallest absolute Gasteiger partial charge is 0.549 e. The molecular weight excluding hydrogens is 945 g/mol. The first-order valence-electron chi connectivity index (χ1n) is 16.6. The van der Waals surface area contributed by atoms with E-state index in [4.69, 9.17) is 9.59 Å². The molecule has 1 aliphatic rings. The number of hydrogen-bond acceptors (Lipinski definition) is 18. The molecule has 1 heterocycles. The number of benzene rings is 1. The van der Waals surface area contributed by atoms with Gasteiger partial charge in [-0.2, -0.15) is 9.59 Å². The second kappa shape index (κ2) is 36.8. The van der Waals surface area contributed by atoms with Crippen LogP contribution in [0.1, 0.15) is 5.56 Å². The second-order valence-corrected chi connectivity index (χ2v) is 12.3. The molecule has 1 fully saturated rings. The Balaban J connectivity index is -0.00000202. The topological polar surface area (TPSA) is 295 Å². The molecule has 0 unspecified atom stereocenters. The van der Waals surface area contributed by atoms with Crippen molar-refractivity contribution in [3.8, 4) is 0 Å². The van der Waals surface area contributed by atoms with Crippen molar-refractivity contribution >= 4 is 53.4 Å². The van der Waals surface area contributed by atoms with Crippen molar-refractivity contribution < 1.29 is 197 Å². The zero-order valence-corrected chi connectivity index (χ0v) is 41.3. The number of carboxylic acids is 5. The van der Waals surface area contributed by atoms with Crippen molar-refractivity contribution in [2.24, 2.45) is 0 Å². The first-order chi connectivity index (χ1) is 25.5. The Labute approximate surface area is 434 Å². The van der Waals surface area contributed by atoms with E-state index in [9.17, 15) is 59.1 Å². The fraction of sp³-hybridized carbons (Fsp3) is 0.545. The first-order valence-corrected chi connectivity index (χ1v) is 16.6. The van der Waals surface area contributed by atoms with Gasteiger partial charge in [0.1, 0.15) is 5.78 Å². The second-order valence-electron chi connectivity index (χ2n) is 12.3. The number of ketones is 1. The molecule has 1 aromatic carbocycles. The van der Waals surface area contributed by atoms with Crippen LogP contribution in [0, 0.1) is 47.0 Å². The van der Waals surface area contributed by atoms with Crippen LogP contribution in [0.5, 0.6) is 0 Å². The van der Waals surface area contributed by atoms with Gasteiger partial charge in [0, 0.05) is 97.2 Å². The number of anilines is 1. The Hall–Kier alpha value is -0.825. The van der Waals surface area contributed by atoms with E-state index in [0.29, 0.717) is 11.3 Å². The molecule has 1 radical (unpaired) electrons. The van der Waals surface area contributed by atoms with E-state index in [-0.39, 0.29) is 251 Å². The largest absolute Gasteiger partial charge is 3.00 e. The molecule has 1 aromatic rings. The zero-order chi connectivity index (χ0) is 40.6. The number of rotatable bonds is 20. The number of Topliss-reactive ketones (excluding diaryl/α,β-unsaturated/α-hetero) is 1. The molecular formula is C33H45GdN7Na3O14+2. The molecule has 0 aromatic heterocycles. The van der Waals surface area contributed by atoms with Crippen molar-refractivity contribution in [3.63, 3.8) is 0 Å². The van der Waals surface area contributed by atoms with Crippen LogP contribution < -0.4 is 109 Å². The number of hydrogen-bond donors (Lipinski definition) is 3. The van der Waals surface area contributed by atoms with Crippen LogP contribution >= 0.6 is 0 Å². The van der Waals surface area contributed by atoms with Crippen LogP contribution in [0.3, 0.4) is 0 Å². The van der Waals surface area contributed by atoms with E-state index in [0.717, 1.165) is 4.90 Å². The maximum atomic E-state index is 13.0. The molecule has 1 aliphatic heterocycles. The summed E-state index contributed by atoms with van der Waals surface area (Å²) in [6.07, 6.45) is 0.291. The fourth-order valence-electron chi connectivity index (χ4n) is 5.36. The number of carbonyl (C=O) groups excluding carboxylic acids is 7. The molecule has 21 nitrogen and oxygen atoms in total. The average Bonchev–Trinajstić information content (AvgIpc) is 3.05. The molecule has 0 bridgehead atoms. The normalized spacial score (nSPS) is 14.1. The summed E-state index contributed by atoms with van der Waals surface area (Å²) in [7, 11) is 3.75. The van der Waals surface area contributed by atoms with Crippen molar-refractivity contribution in [1.82, 2.24) is 29.4 Å². The molecule has 58 heavy (non-hydrogen) atoms. The molecule has 305 valence electrons. The first kappa shape index (κ1) is 63.8. The molecule has 2 rings (SSSR count). The van der Waals surface area contributed by atoms with E-state index < -0.39 is 42.9 Å². The maximum absolute atomic E-state index is 13.0. The number of nitrogens with zero attached hydrogens (tertiary/aromatic N) is 6. The summed E-state index contributed by atoms with van der Waals surface area (Å²) in [5.74, 6) is -6.90. The fourth-order valence-corrected chi connectivity index (χ4v) is 5.36. The van der Waals surface area contributed by atoms with Gasteiger partial charge < -0.3 is 50.1 Å². The SMILES string of the molecule is O=C=O.[CH2-]N(CCN(CC(=O)[O-])CC(=O)[O-])CC(=O)Cc1ccc(NC(=O)CN2CCN(CC(=O)[O-])CCN(CC(=O)O)CCN(CC(=O)O)CC2)cc1.[Gd+3].[Na+].[Na+].[Na+]. The zero-order valence-electron chi connectivity index (χ0n) is 33.1. The minimum absolute atomic E-state index is 0. The molecule has 1 amide bonds. The van der Waals surface area contributed by atoms with Gasteiger partial charge in [0.2, 0.25) is 5.91 Å². The van der Waals surface area contributed by atoms with Crippen LogP contribution in [-0.2, 0) is 49.6 Å². The van der Waals surface area contributed by atoms with Gasteiger partial charge in [-0.25, -0.2) is 0 Å². The minimum Gasteiger partial charge on any atom is -0.549 e. The third-order valence-electron chi connectivity index (χ3n) is 7.84. The standard InChI is InChI=1S/C32H48N7O12.CO2.Gd.3Na/c1-34(6-7-39(22-31(48)49)23-32(50)51)17-26(40)16-24-2-4-25(5-3-24)33-27(41)18-35-8-10-36(19-28(42)43)12-14-38(21-30(46)47)15-13-37(11-9-35)20-29(44)45;2-1-3;;;;/h2-5H,1,6-23H2,(H,33,41)(H,42,43)(H,44,45)(H,46,47)(H,48,49)(H,50,51);;;;;/q-1;;+3;3*+1/p-3. The predicted octanol–water partition coefficient (Wildman–Crippen LogP) is -15.8. The van der Waals surface area contributed by atoms with E-state index in [1.165, 1.54) is 4.90 Å². The Bertz CT molecular complexity index is 1410. The van der Waals surface area contributed by atoms with Crippen LogP contribution in [0.4, 0.5) is 5.69 Å². The van der Waals surface area contributed by atoms with Gasteiger partial charge in [0.05, 0.1) is 37.5 Å². The molecule has 0 aliphatic carbocycles. The van der Waals surface area contributed by atoms with Gasteiger partial charge in [0.15, 0.2) is 0 Å². The van der Waals surface area contributed by atoms with E-state index in [1.54, 1.807) is 43.9 Å². The van der Waals surface area contributed by atoms with Gasteiger partial charge in [0.25, 0.3) is 0 Å². The minimum atomic E-state index is -1.45. The van der Waals surface area contributed by atoms with Crippen LogP contribution in [0.25, 0.3) is 0 Å². The summed E-state index contributed by atoms with van der Waals surface area (Å²) >= 11 is 0. The van der Waals surface area contributed by atoms with Crippen molar-refractivity contribution in [2.45, 2.75) is 6.42 Å². The molecule has 0 atom stereocenters. The summed E-state index contributed by atoms with van der Waals surface area (Å²) in [5.41, 5.74) is 1.10. The van der Waals surface area contributed by atoms with E-state index in [1.807, 2.05) is 0 Å². The Morgan fingerprint density at radius 1 is 0.638 bits per heavy atom. The number of aliphatic carboxylic acids is 5. The Morgan fingerprint density at radius 3 is 1.38 bits per heavy atom. The number of carboxylic acid groups (broad SMARTS) is 5. The number of amides is 1. The average molecular weight is 990 g/mol. The monoisotopic (exact) mass is 990 g/mol. The summed E-state index contributed by atoms with van der Waals surface area (Å²) in [6.45, 7) is -0.265. The van der Waals surface area contributed by atoms with Gasteiger partial charge >= 0.3 is 147 Å². The van der Waals surface area contributed by atoms with Gasteiger partial charge in [-0.05, 0) is 24.2 Å². The Morgan fingerprint density at radius 2 is 1.02 bits per heavy atom. The maximum Gasteiger partial charge on any atom is 3.00 e. The van der Waals surface area contributed by atoms with E-state index >= 15 is 0 Å². The van der Waals surface area contributed by atoms with Gasteiger partial charge in [-0.1, -0.05) is 12.1 Å². The third kappa shape index (κ3) is 32.9. The molecule has 0 saturated carbocycles. The van der Waals surface area contributed by atoms with Crippen molar-refractivity contribution in [2.75, 3.05) is 117 Å². The summed E-state index contributed by atoms with van der Waals surface area (Å²) in [4.78, 5) is 107. The quantitative estimate of drug-likeness (QED) is 0.0807. The van der Waals surface area contributed by atoms with Gasteiger partial charge in [-0.15, -0.1) is 0 Å². The van der Waals surface area contributed by atoms with Gasteiger partial charge in [-0.3, -0.25) is 50.7 Å². The Kier molecular flexibility index (Phi) is 40.5. The predicted molar refractivity (Wildman–Crippen MR) is 178 cm³/mol. The summed E-state index contributed by atoms with van der Waals surface area (Å²) in [6, 6.07) is 6.56.